The van der Waals surface area contributed by atoms with Crippen molar-refractivity contribution in [1.82, 2.24) is 5.32 Å². The summed E-state index contributed by atoms with van der Waals surface area (Å²) in [5.74, 6) is -0.248. The van der Waals surface area contributed by atoms with Crippen molar-refractivity contribution in [3.8, 4) is 0 Å². The number of nitrogens with two attached hydrogens (primary N) is 1. The molecule has 2 aromatic rings. The summed E-state index contributed by atoms with van der Waals surface area (Å²) in [6.45, 7) is 6.70. The zero-order chi connectivity index (χ0) is 16.8. The van der Waals surface area contributed by atoms with Crippen molar-refractivity contribution in [3.05, 3.63) is 70.8 Å². The summed E-state index contributed by atoms with van der Waals surface area (Å²) in [6.07, 6.45) is 0.835. The van der Waals surface area contributed by atoms with Crippen LogP contribution in [0.2, 0.25) is 0 Å². The number of aryl methyl sites for hydroxylation is 2. The third-order valence-corrected chi connectivity index (χ3v) is 4.13. The predicted molar refractivity (Wildman–Crippen MR) is 95.2 cm³/mol. The lowest BCUT2D eigenvalue weighted by Gasteiger charge is -2.20. The molecule has 0 heterocycles. The van der Waals surface area contributed by atoms with Gasteiger partial charge >= 0.3 is 0 Å². The van der Waals surface area contributed by atoms with E-state index >= 15 is 0 Å². The van der Waals surface area contributed by atoms with Crippen molar-refractivity contribution >= 4 is 5.91 Å². The first-order chi connectivity index (χ1) is 11.0. The predicted octanol–water partition coefficient (Wildman–Crippen LogP) is 3.30. The molecule has 2 rings (SSSR count). The van der Waals surface area contributed by atoms with Crippen LogP contribution in [0.25, 0.3) is 0 Å². The summed E-state index contributed by atoms with van der Waals surface area (Å²) >= 11 is 0. The molecule has 0 aromatic heterocycles. The summed E-state index contributed by atoms with van der Waals surface area (Å²) in [6, 6.07) is 16.0. The lowest BCUT2D eigenvalue weighted by Crippen LogP contribution is -2.36. The SMILES string of the molecule is Cc1cc(C)cc(CCNC(=O)C(C)C(N)c2ccccc2)c1. The molecule has 1 amide bonds. The van der Waals surface area contributed by atoms with Gasteiger partial charge in [0.05, 0.1) is 5.92 Å². The molecule has 0 fully saturated rings. The average Bonchev–Trinajstić information content (AvgIpc) is 2.53. The molecule has 23 heavy (non-hydrogen) atoms. The topological polar surface area (TPSA) is 55.1 Å². The largest absolute Gasteiger partial charge is 0.355 e. The summed E-state index contributed by atoms with van der Waals surface area (Å²) in [5, 5.41) is 3.00. The van der Waals surface area contributed by atoms with Gasteiger partial charge in [-0.2, -0.15) is 0 Å². The Morgan fingerprint density at radius 3 is 2.30 bits per heavy atom. The fourth-order valence-electron chi connectivity index (χ4n) is 2.83. The van der Waals surface area contributed by atoms with Crippen LogP contribution in [0.1, 0.15) is 35.2 Å². The zero-order valence-electron chi connectivity index (χ0n) is 14.2. The van der Waals surface area contributed by atoms with Gasteiger partial charge in [-0.1, -0.05) is 66.6 Å². The molecule has 0 saturated carbocycles. The van der Waals surface area contributed by atoms with Crippen LogP contribution in [0.3, 0.4) is 0 Å². The van der Waals surface area contributed by atoms with Crippen molar-refractivity contribution < 1.29 is 4.79 Å². The molecule has 0 aliphatic heterocycles. The summed E-state index contributed by atoms with van der Waals surface area (Å²) in [4.78, 5) is 12.3. The molecular formula is C20H26N2O. The van der Waals surface area contributed by atoms with E-state index in [2.05, 4.69) is 37.4 Å². The van der Waals surface area contributed by atoms with Crippen LogP contribution in [0, 0.1) is 19.8 Å². The van der Waals surface area contributed by atoms with E-state index in [1.54, 1.807) is 0 Å². The third kappa shape index (κ3) is 4.93. The molecule has 0 aliphatic carbocycles. The average molecular weight is 310 g/mol. The lowest BCUT2D eigenvalue weighted by atomic mass is 9.94. The maximum atomic E-state index is 12.3. The van der Waals surface area contributed by atoms with Gasteiger partial charge in [0.2, 0.25) is 5.91 Å². The van der Waals surface area contributed by atoms with E-state index in [0.29, 0.717) is 6.54 Å². The van der Waals surface area contributed by atoms with Gasteiger partial charge < -0.3 is 11.1 Å². The zero-order valence-corrected chi connectivity index (χ0v) is 14.2. The van der Waals surface area contributed by atoms with Gasteiger partial charge in [-0.15, -0.1) is 0 Å². The standard InChI is InChI=1S/C20H26N2O/c1-14-11-15(2)13-17(12-14)9-10-22-20(23)16(3)19(21)18-7-5-4-6-8-18/h4-8,11-13,16,19H,9-10,21H2,1-3H3,(H,22,23). The van der Waals surface area contributed by atoms with Crippen LogP contribution in [-0.4, -0.2) is 12.5 Å². The van der Waals surface area contributed by atoms with Gasteiger partial charge in [-0.05, 0) is 31.4 Å². The van der Waals surface area contributed by atoms with Crippen molar-refractivity contribution in [2.75, 3.05) is 6.54 Å². The molecule has 122 valence electrons. The molecule has 3 heteroatoms. The van der Waals surface area contributed by atoms with Gasteiger partial charge in [0.25, 0.3) is 0 Å². The van der Waals surface area contributed by atoms with Crippen molar-refractivity contribution in [3.63, 3.8) is 0 Å². The highest BCUT2D eigenvalue weighted by atomic mass is 16.1. The second-order valence-corrected chi connectivity index (χ2v) is 6.26. The van der Waals surface area contributed by atoms with E-state index in [9.17, 15) is 4.79 Å². The van der Waals surface area contributed by atoms with Crippen molar-refractivity contribution in [2.45, 2.75) is 33.2 Å². The van der Waals surface area contributed by atoms with Gasteiger partial charge in [0, 0.05) is 12.6 Å². The van der Waals surface area contributed by atoms with Crippen LogP contribution >= 0.6 is 0 Å². The van der Waals surface area contributed by atoms with Gasteiger partial charge in [-0.25, -0.2) is 0 Å². The van der Waals surface area contributed by atoms with E-state index in [4.69, 9.17) is 5.73 Å². The fraction of sp³-hybridized carbons (Fsp3) is 0.350. The van der Waals surface area contributed by atoms with Crippen LogP contribution in [0.4, 0.5) is 0 Å². The van der Waals surface area contributed by atoms with Crippen LogP contribution in [0.15, 0.2) is 48.5 Å². The molecule has 2 aromatic carbocycles. The number of hydrogen-bond donors (Lipinski definition) is 2. The number of amides is 1. The molecule has 0 aliphatic rings. The molecule has 2 unspecified atom stereocenters. The lowest BCUT2D eigenvalue weighted by molar-refractivity contribution is -0.125. The number of benzene rings is 2. The Morgan fingerprint density at radius 1 is 1.09 bits per heavy atom. The first kappa shape index (κ1) is 17.2. The van der Waals surface area contributed by atoms with Gasteiger partial charge in [0.1, 0.15) is 0 Å². The van der Waals surface area contributed by atoms with E-state index in [0.717, 1.165) is 12.0 Å². The fourth-order valence-corrected chi connectivity index (χ4v) is 2.83. The van der Waals surface area contributed by atoms with Crippen molar-refractivity contribution in [1.29, 1.82) is 0 Å². The molecule has 2 atom stereocenters. The van der Waals surface area contributed by atoms with E-state index < -0.39 is 0 Å². The quantitative estimate of drug-likeness (QED) is 0.860. The molecule has 3 N–H and O–H groups in total. The molecule has 0 bridgehead atoms. The van der Waals surface area contributed by atoms with Gasteiger partial charge in [-0.3, -0.25) is 4.79 Å². The Labute approximate surface area is 138 Å². The van der Waals surface area contributed by atoms with Crippen LogP contribution in [0.5, 0.6) is 0 Å². The number of rotatable bonds is 6. The molecule has 3 nitrogen and oxygen atoms in total. The number of carbonyl (C=O) groups excluding carboxylic acids is 1. The van der Waals surface area contributed by atoms with E-state index in [-0.39, 0.29) is 17.9 Å². The van der Waals surface area contributed by atoms with Crippen LogP contribution < -0.4 is 11.1 Å². The Balaban J connectivity index is 1.86. The van der Waals surface area contributed by atoms with E-state index in [1.165, 1.54) is 16.7 Å². The number of carbonyl (C=O) groups is 1. The Bertz CT molecular complexity index is 632. The summed E-state index contributed by atoms with van der Waals surface area (Å²) in [7, 11) is 0. The minimum Gasteiger partial charge on any atom is -0.355 e. The first-order valence-electron chi connectivity index (χ1n) is 8.13. The number of hydrogen-bond acceptors (Lipinski definition) is 2. The molecule has 0 saturated heterocycles. The maximum Gasteiger partial charge on any atom is 0.224 e. The minimum atomic E-state index is -0.280. The normalized spacial score (nSPS) is 13.4. The Morgan fingerprint density at radius 2 is 1.70 bits per heavy atom. The summed E-state index contributed by atoms with van der Waals surface area (Å²) < 4.78 is 0. The minimum absolute atomic E-state index is 0.00530. The van der Waals surface area contributed by atoms with Crippen molar-refractivity contribution in [2.24, 2.45) is 11.7 Å². The molecule has 0 spiro atoms. The third-order valence-electron chi connectivity index (χ3n) is 4.13. The Kier molecular flexibility index (Phi) is 5.94. The monoisotopic (exact) mass is 310 g/mol. The molecular weight excluding hydrogens is 284 g/mol. The summed E-state index contributed by atoms with van der Waals surface area (Å²) in [5.41, 5.74) is 11.0. The highest BCUT2D eigenvalue weighted by molar-refractivity contribution is 5.79. The maximum absolute atomic E-state index is 12.3. The highest BCUT2D eigenvalue weighted by Gasteiger charge is 2.21. The van der Waals surface area contributed by atoms with Gasteiger partial charge in [0.15, 0.2) is 0 Å². The number of nitrogens with one attached hydrogen (secondary N) is 1. The van der Waals surface area contributed by atoms with Crippen LogP contribution in [-0.2, 0) is 11.2 Å². The molecule has 0 radical (unpaired) electrons. The second-order valence-electron chi connectivity index (χ2n) is 6.26. The highest BCUT2D eigenvalue weighted by Crippen LogP contribution is 2.19. The first-order valence-corrected chi connectivity index (χ1v) is 8.13. The smallest absolute Gasteiger partial charge is 0.224 e. The Hall–Kier alpha value is -2.13. The second kappa shape index (κ2) is 7.93. The van der Waals surface area contributed by atoms with E-state index in [1.807, 2.05) is 37.3 Å².